The topological polar surface area (TPSA) is 42.0 Å². The molecule has 0 aliphatic heterocycles. The van der Waals surface area contributed by atoms with Crippen LogP contribution in [-0.2, 0) is 0 Å². The summed E-state index contributed by atoms with van der Waals surface area (Å²) >= 11 is 0. The molecule has 1 N–H and O–H groups in total. The Hall–Kier alpha value is -2.68. The van der Waals surface area contributed by atoms with Crippen LogP contribution < -0.4 is 5.32 Å². The second-order valence-electron chi connectivity index (χ2n) is 6.52. The van der Waals surface area contributed by atoms with E-state index in [1.807, 2.05) is 44.3 Å². The molecule has 3 heteroatoms. The molecule has 1 aromatic heterocycles. The lowest BCUT2D eigenvalue weighted by molar-refractivity contribution is 0.102. The van der Waals surface area contributed by atoms with E-state index in [1.165, 1.54) is 5.56 Å². The molecule has 0 radical (unpaired) electrons. The van der Waals surface area contributed by atoms with E-state index in [4.69, 9.17) is 0 Å². The molecule has 0 bridgehead atoms. The van der Waals surface area contributed by atoms with Crippen molar-refractivity contribution in [3.8, 4) is 0 Å². The van der Waals surface area contributed by atoms with Crippen molar-refractivity contribution in [3.05, 3.63) is 71.0 Å². The number of benzene rings is 2. The maximum Gasteiger partial charge on any atom is 0.257 e. The zero-order chi connectivity index (χ0) is 17.3. The van der Waals surface area contributed by atoms with Crippen molar-refractivity contribution in [3.63, 3.8) is 0 Å². The standard InChI is InChI=1S/C21H22N2O/c1-13(2)16-8-9-18-17(10-16)11-22-12-19(18)21(24)23-20-7-5-6-14(3)15(20)4/h5-13H,1-4H3,(H,23,24). The van der Waals surface area contributed by atoms with Crippen LogP contribution in [0.5, 0.6) is 0 Å². The lowest BCUT2D eigenvalue weighted by Crippen LogP contribution is -2.14. The summed E-state index contributed by atoms with van der Waals surface area (Å²) in [6, 6.07) is 12.1. The predicted molar refractivity (Wildman–Crippen MR) is 99.7 cm³/mol. The summed E-state index contributed by atoms with van der Waals surface area (Å²) in [5, 5.41) is 4.94. The van der Waals surface area contributed by atoms with Gasteiger partial charge in [0.2, 0.25) is 0 Å². The van der Waals surface area contributed by atoms with E-state index in [2.05, 4.69) is 36.3 Å². The van der Waals surface area contributed by atoms with Crippen LogP contribution in [0.3, 0.4) is 0 Å². The second kappa shape index (κ2) is 6.44. The van der Waals surface area contributed by atoms with Crippen molar-refractivity contribution in [1.82, 2.24) is 4.98 Å². The number of nitrogens with one attached hydrogen (secondary N) is 1. The van der Waals surface area contributed by atoms with Crippen LogP contribution in [0.25, 0.3) is 10.8 Å². The van der Waals surface area contributed by atoms with Crippen molar-refractivity contribution in [1.29, 1.82) is 0 Å². The van der Waals surface area contributed by atoms with Crippen LogP contribution in [0.2, 0.25) is 0 Å². The zero-order valence-electron chi connectivity index (χ0n) is 14.6. The quantitative estimate of drug-likeness (QED) is 0.718. The first kappa shape index (κ1) is 16.2. The van der Waals surface area contributed by atoms with Crippen LogP contribution in [0.15, 0.2) is 48.8 Å². The molecule has 3 nitrogen and oxygen atoms in total. The minimum Gasteiger partial charge on any atom is -0.322 e. The van der Waals surface area contributed by atoms with Gasteiger partial charge < -0.3 is 5.32 Å². The van der Waals surface area contributed by atoms with E-state index >= 15 is 0 Å². The van der Waals surface area contributed by atoms with E-state index in [1.54, 1.807) is 6.20 Å². The largest absolute Gasteiger partial charge is 0.322 e. The Bertz CT molecular complexity index is 913. The number of amides is 1. The van der Waals surface area contributed by atoms with Crippen LogP contribution in [0.1, 0.15) is 46.8 Å². The van der Waals surface area contributed by atoms with Crippen LogP contribution in [-0.4, -0.2) is 10.9 Å². The summed E-state index contributed by atoms with van der Waals surface area (Å²) in [6.45, 7) is 8.37. The molecule has 1 amide bonds. The van der Waals surface area contributed by atoms with E-state index in [9.17, 15) is 4.79 Å². The van der Waals surface area contributed by atoms with Crippen LogP contribution >= 0.6 is 0 Å². The highest BCUT2D eigenvalue weighted by Crippen LogP contribution is 2.25. The maximum atomic E-state index is 12.8. The summed E-state index contributed by atoms with van der Waals surface area (Å²) in [5.41, 5.74) is 4.93. The number of pyridine rings is 1. The lowest BCUT2D eigenvalue weighted by atomic mass is 9.98. The third-order valence-corrected chi connectivity index (χ3v) is 4.55. The summed E-state index contributed by atoms with van der Waals surface area (Å²) < 4.78 is 0. The molecule has 24 heavy (non-hydrogen) atoms. The van der Waals surface area contributed by atoms with Crippen molar-refractivity contribution in [2.45, 2.75) is 33.6 Å². The number of fused-ring (bicyclic) bond motifs is 1. The van der Waals surface area contributed by atoms with E-state index in [-0.39, 0.29) is 5.91 Å². The van der Waals surface area contributed by atoms with Gasteiger partial charge in [-0.15, -0.1) is 0 Å². The molecular formula is C21H22N2O. The molecule has 0 aliphatic carbocycles. The average molecular weight is 318 g/mol. The third kappa shape index (κ3) is 3.02. The van der Waals surface area contributed by atoms with Gasteiger partial charge >= 0.3 is 0 Å². The van der Waals surface area contributed by atoms with Crippen molar-refractivity contribution in [2.24, 2.45) is 0 Å². The highest BCUT2D eigenvalue weighted by Gasteiger charge is 2.13. The summed E-state index contributed by atoms with van der Waals surface area (Å²) in [7, 11) is 0. The van der Waals surface area contributed by atoms with Gasteiger partial charge in [-0.3, -0.25) is 9.78 Å². The summed E-state index contributed by atoms with van der Waals surface area (Å²) in [4.78, 5) is 17.0. The Balaban J connectivity index is 1.99. The third-order valence-electron chi connectivity index (χ3n) is 4.55. The SMILES string of the molecule is Cc1cccc(NC(=O)c2cncc3cc(C(C)C)ccc23)c1C. The predicted octanol–water partition coefficient (Wildman–Crippen LogP) is 5.23. The fourth-order valence-corrected chi connectivity index (χ4v) is 2.81. The van der Waals surface area contributed by atoms with Gasteiger partial charge in [0.05, 0.1) is 5.56 Å². The molecule has 0 atom stereocenters. The van der Waals surface area contributed by atoms with E-state index < -0.39 is 0 Å². The van der Waals surface area contributed by atoms with Gasteiger partial charge in [0, 0.05) is 23.5 Å². The molecule has 122 valence electrons. The first-order valence-electron chi connectivity index (χ1n) is 8.22. The molecule has 0 saturated carbocycles. The number of aryl methyl sites for hydroxylation is 1. The number of hydrogen-bond acceptors (Lipinski definition) is 2. The molecule has 0 saturated heterocycles. The number of hydrogen-bond donors (Lipinski definition) is 1. The molecule has 2 aromatic carbocycles. The van der Waals surface area contributed by atoms with Gasteiger partial charge in [0.1, 0.15) is 0 Å². The van der Waals surface area contributed by atoms with Crippen LogP contribution in [0.4, 0.5) is 5.69 Å². The number of carbonyl (C=O) groups is 1. The Morgan fingerprint density at radius 1 is 1.08 bits per heavy atom. The van der Waals surface area contributed by atoms with Gasteiger partial charge in [-0.25, -0.2) is 0 Å². The molecule has 3 aromatic rings. The fourth-order valence-electron chi connectivity index (χ4n) is 2.81. The van der Waals surface area contributed by atoms with Gasteiger partial charge in [-0.1, -0.05) is 38.1 Å². The van der Waals surface area contributed by atoms with Gasteiger partial charge in [-0.05, 0) is 54.0 Å². The monoisotopic (exact) mass is 318 g/mol. The summed E-state index contributed by atoms with van der Waals surface area (Å²) in [5.74, 6) is 0.320. The van der Waals surface area contributed by atoms with Gasteiger partial charge in [0.25, 0.3) is 5.91 Å². The minimum atomic E-state index is -0.126. The fraction of sp³-hybridized carbons (Fsp3) is 0.238. The van der Waals surface area contributed by atoms with E-state index in [0.717, 1.165) is 27.6 Å². The van der Waals surface area contributed by atoms with Crippen molar-refractivity contribution in [2.75, 3.05) is 5.32 Å². The highest BCUT2D eigenvalue weighted by atomic mass is 16.1. The molecule has 3 rings (SSSR count). The molecular weight excluding hydrogens is 296 g/mol. The minimum absolute atomic E-state index is 0.126. The normalized spacial score (nSPS) is 11.0. The molecule has 0 aliphatic rings. The number of carbonyl (C=O) groups excluding carboxylic acids is 1. The lowest BCUT2D eigenvalue weighted by Gasteiger charge is -2.12. The van der Waals surface area contributed by atoms with Gasteiger partial charge in [0.15, 0.2) is 0 Å². The second-order valence-corrected chi connectivity index (χ2v) is 6.52. The van der Waals surface area contributed by atoms with Gasteiger partial charge in [-0.2, -0.15) is 0 Å². The number of aromatic nitrogens is 1. The molecule has 0 unspecified atom stereocenters. The first-order chi connectivity index (χ1) is 11.5. The van der Waals surface area contributed by atoms with Crippen molar-refractivity contribution < 1.29 is 4.79 Å². The Labute approximate surface area is 142 Å². The average Bonchev–Trinajstić information content (AvgIpc) is 2.57. The Morgan fingerprint density at radius 3 is 2.62 bits per heavy atom. The maximum absolute atomic E-state index is 12.8. The van der Waals surface area contributed by atoms with E-state index in [0.29, 0.717) is 11.5 Å². The Kier molecular flexibility index (Phi) is 4.34. The number of anilines is 1. The highest BCUT2D eigenvalue weighted by molar-refractivity contribution is 6.12. The smallest absolute Gasteiger partial charge is 0.257 e. The zero-order valence-corrected chi connectivity index (χ0v) is 14.6. The molecule has 0 fully saturated rings. The molecule has 0 spiro atoms. The number of rotatable bonds is 3. The van der Waals surface area contributed by atoms with Crippen LogP contribution in [0, 0.1) is 13.8 Å². The van der Waals surface area contributed by atoms with Crippen molar-refractivity contribution >= 4 is 22.4 Å². The first-order valence-corrected chi connectivity index (χ1v) is 8.22. The summed E-state index contributed by atoms with van der Waals surface area (Å²) in [6.07, 6.45) is 3.45. The number of nitrogens with zero attached hydrogens (tertiary/aromatic N) is 1. The molecule has 1 heterocycles. The Morgan fingerprint density at radius 2 is 1.88 bits per heavy atom.